The van der Waals surface area contributed by atoms with Gasteiger partial charge in [-0.3, -0.25) is 4.79 Å². The Bertz CT molecular complexity index is 755. The molecular weight excluding hydrogens is 326 g/mol. The second-order valence-electron chi connectivity index (χ2n) is 7.76. The summed E-state index contributed by atoms with van der Waals surface area (Å²) in [4.78, 5) is 16.6. The zero-order chi connectivity index (χ0) is 18.7. The van der Waals surface area contributed by atoms with E-state index in [2.05, 4.69) is 41.4 Å². The lowest BCUT2D eigenvalue weighted by Crippen LogP contribution is -2.55. The monoisotopic (exact) mass is 355 g/mol. The summed E-state index contributed by atoms with van der Waals surface area (Å²) in [5.74, 6) is 0.535. The standard InChI is InChI=1S/C20H29N5O/c1-15-9-8-12-20(13-15,24(3)4)14-21-19(26)18-16(2)22-25(23-18)17-10-6-5-7-11-17/h5-7,10-11,15H,8-9,12-14H2,1-4H3,(H,21,26)/t15-,20-/m1/s1. The van der Waals surface area contributed by atoms with Crippen LogP contribution in [0.1, 0.15) is 48.8 Å². The predicted octanol–water partition coefficient (Wildman–Crippen LogP) is 2.82. The number of amides is 1. The fourth-order valence-corrected chi connectivity index (χ4v) is 3.95. The summed E-state index contributed by atoms with van der Waals surface area (Å²) in [5.41, 5.74) is 1.91. The zero-order valence-electron chi connectivity index (χ0n) is 16.2. The van der Waals surface area contributed by atoms with Gasteiger partial charge in [-0.2, -0.15) is 9.90 Å². The molecule has 1 N–H and O–H groups in total. The van der Waals surface area contributed by atoms with Gasteiger partial charge in [0.05, 0.1) is 11.4 Å². The molecule has 0 radical (unpaired) electrons. The Labute approximate surface area is 155 Å². The fourth-order valence-electron chi connectivity index (χ4n) is 3.95. The number of hydrogen-bond acceptors (Lipinski definition) is 4. The van der Waals surface area contributed by atoms with Crippen LogP contribution in [0.2, 0.25) is 0 Å². The van der Waals surface area contributed by atoms with Gasteiger partial charge >= 0.3 is 0 Å². The average molecular weight is 355 g/mol. The van der Waals surface area contributed by atoms with E-state index < -0.39 is 0 Å². The van der Waals surface area contributed by atoms with Gasteiger partial charge < -0.3 is 10.2 Å². The normalized spacial score (nSPS) is 23.2. The highest BCUT2D eigenvalue weighted by Crippen LogP contribution is 2.35. The minimum atomic E-state index is -0.149. The van der Waals surface area contributed by atoms with Crippen LogP contribution in [0.15, 0.2) is 30.3 Å². The lowest BCUT2D eigenvalue weighted by Gasteiger charge is -2.45. The number of nitrogens with one attached hydrogen (secondary N) is 1. The Kier molecular flexibility index (Phi) is 5.41. The molecule has 1 aromatic carbocycles. The number of hydrogen-bond donors (Lipinski definition) is 1. The third-order valence-electron chi connectivity index (χ3n) is 5.58. The van der Waals surface area contributed by atoms with Crippen LogP contribution in [0.25, 0.3) is 5.69 Å². The highest BCUT2D eigenvalue weighted by atomic mass is 16.2. The van der Waals surface area contributed by atoms with E-state index in [0.717, 1.165) is 18.5 Å². The largest absolute Gasteiger partial charge is 0.349 e. The molecule has 140 valence electrons. The number of aryl methyl sites for hydroxylation is 1. The number of likely N-dealkylation sites (N-methyl/N-ethyl adjacent to an activating group) is 1. The molecule has 0 aliphatic heterocycles. The second-order valence-corrected chi connectivity index (χ2v) is 7.76. The summed E-state index contributed by atoms with van der Waals surface area (Å²) in [6.07, 6.45) is 4.70. The number of aromatic nitrogens is 3. The summed E-state index contributed by atoms with van der Waals surface area (Å²) in [6, 6.07) is 9.65. The molecule has 1 aliphatic rings. The Morgan fingerprint density at radius 1 is 1.31 bits per heavy atom. The van der Waals surface area contributed by atoms with Crippen molar-refractivity contribution < 1.29 is 4.79 Å². The molecule has 1 aliphatic carbocycles. The van der Waals surface area contributed by atoms with Crippen LogP contribution in [0.4, 0.5) is 0 Å². The van der Waals surface area contributed by atoms with E-state index in [4.69, 9.17) is 0 Å². The summed E-state index contributed by atoms with van der Waals surface area (Å²) >= 11 is 0. The molecule has 2 aromatic rings. The minimum Gasteiger partial charge on any atom is -0.349 e. The molecule has 1 amide bonds. The lowest BCUT2D eigenvalue weighted by molar-refractivity contribution is 0.0672. The van der Waals surface area contributed by atoms with Gasteiger partial charge in [-0.1, -0.05) is 38.0 Å². The molecule has 2 atom stereocenters. The van der Waals surface area contributed by atoms with Crippen molar-refractivity contribution in [3.63, 3.8) is 0 Å². The van der Waals surface area contributed by atoms with Gasteiger partial charge in [0.1, 0.15) is 0 Å². The molecule has 6 nitrogen and oxygen atoms in total. The SMILES string of the molecule is Cc1nn(-c2ccccc2)nc1C(=O)NC[C@@]1(N(C)C)CCC[C@@H](C)C1. The molecule has 6 heteroatoms. The van der Waals surface area contributed by atoms with Crippen molar-refractivity contribution in [2.45, 2.75) is 45.1 Å². The number of carbonyl (C=O) groups is 1. The van der Waals surface area contributed by atoms with Gasteiger partial charge in [-0.15, -0.1) is 5.10 Å². The van der Waals surface area contributed by atoms with Gasteiger partial charge in [0.2, 0.25) is 0 Å². The van der Waals surface area contributed by atoms with Gasteiger partial charge in [-0.25, -0.2) is 0 Å². The van der Waals surface area contributed by atoms with E-state index in [1.807, 2.05) is 37.3 Å². The average Bonchev–Trinajstić information content (AvgIpc) is 3.02. The van der Waals surface area contributed by atoms with Crippen LogP contribution >= 0.6 is 0 Å². The predicted molar refractivity (Wildman–Crippen MR) is 102 cm³/mol. The molecular formula is C20H29N5O. The van der Waals surface area contributed by atoms with E-state index in [-0.39, 0.29) is 11.4 Å². The van der Waals surface area contributed by atoms with E-state index in [9.17, 15) is 4.79 Å². The highest BCUT2D eigenvalue weighted by molar-refractivity contribution is 5.93. The van der Waals surface area contributed by atoms with Gasteiger partial charge in [0.25, 0.3) is 5.91 Å². The molecule has 1 fully saturated rings. The molecule has 0 bridgehead atoms. The maximum atomic E-state index is 12.8. The first-order valence-corrected chi connectivity index (χ1v) is 9.36. The van der Waals surface area contributed by atoms with Gasteiger partial charge in [0, 0.05) is 12.1 Å². The molecule has 1 heterocycles. The molecule has 3 rings (SSSR count). The first-order chi connectivity index (χ1) is 12.4. The first-order valence-electron chi connectivity index (χ1n) is 9.36. The van der Waals surface area contributed by atoms with Gasteiger partial charge in [0.15, 0.2) is 5.69 Å². The van der Waals surface area contributed by atoms with E-state index in [1.54, 1.807) is 0 Å². The van der Waals surface area contributed by atoms with Crippen LogP contribution in [0.5, 0.6) is 0 Å². The Balaban J connectivity index is 1.73. The number of carbonyl (C=O) groups excluding carboxylic acids is 1. The van der Waals surface area contributed by atoms with Crippen molar-refractivity contribution in [3.05, 3.63) is 41.7 Å². The summed E-state index contributed by atoms with van der Waals surface area (Å²) in [7, 11) is 4.22. The zero-order valence-corrected chi connectivity index (χ0v) is 16.2. The van der Waals surface area contributed by atoms with Crippen molar-refractivity contribution in [2.75, 3.05) is 20.6 Å². The summed E-state index contributed by atoms with van der Waals surface area (Å²) in [5, 5.41) is 11.9. The first kappa shape index (κ1) is 18.6. The van der Waals surface area contributed by atoms with Crippen LogP contribution in [-0.4, -0.2) is 52.0 Å². The third kappa shape index (κ3) is 3.80. The quantitative estimate of drug-likeness (QED) is 0.896. The van der Waals surface area contributed by atoms with Gasteiger partial charge in [-0.05, 0) is 51.9 Å². The minimum absolute atomic E-state index is 0.0245. The van der Waals surface area contributed by atoms with E-state index >= 15 is 0 Å². The molecule has 0 unspecified atom stereocenters. The van der Waals surface area contributed by atoms with Crippen LogP contribution < -0.4 is 5.32 Å². The maximum Gasteiger partial charge on any atom is 0.273 e. The molecule has 0 spiro atoms. The molecule has 0 saturated heterocycles. The van der Waals surface area contributed by atoms with E-state index in [1.165, 1.54) is 17.6 Å². The van der Waals surface area contributed by atoms with Crippen molar-refractivity contribution in [2.24, 2.45) is 5.92 Å². The Hall–Kier alpha value is -2.21. The summed E-state index contributed by atoms with van der Waals surface area (Å²) < 4.78 is 0. The van der Waals surface area contributed by atoms with Crippen molar-refractivity contribution in [3.8, 4) is 5.69 Å². The molecule has 1 saturated carbocycles. The highest BCUT2D eigenvalue weighted by Gasteiger charge is 2.37. The van der Waals surface area contributed by atoms with Crippen molar-refractivity contribution in [1.82, 2.24) is 25.2 Å². The molecule has 1 aromatic heterocycles. The maximum absolute atomic E-state index is 12.8. The van der Waals surface area contributed by atoms with Crippen LogP contribution in [-0.2, 0) is 0 Å². The molecule has 26 heavy (non-hydrogen) atoms. The third-order valence-corrected chi connectivity index (χ3v) is 5.58. The van der Waals surface area contributed by atoms with E-state index in [0.29, 0.717) is 23.9 Å². The number of nitrogens with zero attached hydrogens (tertiary/aromatic N) is 4. The lowest BCUT2D eigenvalue weighted by atomic mass is 9.75. The fraction of sp³-hybridized carbons (Fsp3) is 0.550. The number of benzene rings is 1. The Morgan fingerprint density at radius 2 is 2.04 bits per heavy atom. The van der Waals surface area contributed by atoms with Crippen molar-refractivity contribution >= 4 is 5.91 Å². The van der Waals surface area contributed by atoms with Crippen LogP contribution in [0.3, 0.4) is 0 Å². The summed E-state index contributed by atoms with van der Waals surface area (Å²) in [6.45, 7) is 4.77. The smallest absolute Gasteiger partial charge is 0.273 e. The van der Waals surface area contributed by atoms with Crippen LogP contribution in [0, 0.1) is 12.8 Å². The second kappa shape index (κ2) is 7.58. The number of rotatable bonds is 5. The topological polar surface area (TPSA) is 63.1 Å². The van der Waals surface area contributed by atoms with Crippen molar-refractivity contribution in [1.29, 1.82) is 0 Å². The number of para-hydroxylation sites is 1. The Morgan fingerprint density at radius 3 is 2.69 bits per heavy atom.